The van der Waals surface area contributed by atoms with Crippen LogP contribution in [0.15, 0.2) is 29.6 Å². The summed E-state index contributed by atoms with van der Waals surface area (Å²) in [6.07, 6.45) is 0. The predicted octanol–water partition coefficient (Wildman–Crippen LogP) is 3.34. The third-order valence-electron chi connectivity index (χ3n) is 2.53. The maximum Gasteiger partial charge on any atom is 0.131 e. The molecule has 0 aliphatic rings. The number of hydrogen-bond acceptors (Lipinski definition) is 4. The molecular formula is C14H17NO2S. The molecule has 2 aromatic rings. The second kappa shape index (κ2) is 5.98. The first-order valence-corrected chi connectivity index (χ1v) is 6.84. The topological polar surface area (TPSA) is 42.4 Å². The zero-order chi connectivity index (χ0) is 13.0. The molecule has 0 atom stereocenters. The molecule has 18 heavy (non-hydrogen) atoms. The molecule has 0 unspecified atom stereocenters. The minimum Gasteiger partial charge on any atom is -0.487 e. The Kier molecular flexibility index (Phi) is 4.33. The number of aliphatic hydroxyl groups excluding tert-OH is 1. The van der Waals surface area contributed by atoms with Gasteiger partial charge in [0, 0.05) is 11.3 Å². The van der Waals surface area contributed by atoms with Crippen LogP contribution in [0.2, 0.25) is 0 Å². The number of ether oxygens (including phenoxy) is 1. The standard InChI is InChI=1S/C14H17NO2S/c1-10(2)14-15-12(9-18-14)8-17-13-5-3-4-11(6-13)7-16/h3-6,9-10,16H,7-8H2,1-2H3. The zero-order valence-electron chi connectivity index (χ0n) is 10.6. The smallest absolute Gasteiger partial charge is 0.131 e. The molecule has 96 valence electrons. The number of aliphatic hydroxyl groups is 1. The van der Waals surface area contributed by atoms with Crippen LogP contribution in [-0.4, -0.2) is 10.1 Å². The number of aromatic nitrogens is 1. The Morgan fingerprint density at radius 3 is 2.89 bits per heavy atom. The molecule has 0 amide bonds. The van der Waals surface area contributed by atoms with E-state index < -0.39 is 0 Å². The molecule has 0 spiro atoms. The van der Waals surface area contributed by atoms with Crippen molar-refractivity contribution in [1.82, 2.24) is 4.98 Å². The lowest BCUT2D eigenvalue weighted by Gasteiger charge is -2.05. The largest absolute Gasteiger partial charge is 0.487 e. The van der Waals surface area contributed by atoms with Crippen LogP contribution < -0.4 is 4.74 Å². The van der Waals surface area contributed by atoms with E-state index >= 15 is 0 Å². The SMILES string of the molecule is CC(C)c1nc(COc2cccc(CO)c2)cs1. The molecule has 1 aromatic carbocycles. The first-order valence-electron chi connectivity index (χ1n) is 5.96. The Balaban J connectivity index is 1.97. The third kappa shape index (κ3) is 3.31. The number of nitrogens with zero attached hydrogens (tertiary/aromatic N) is 1. The number of benzene rings is 1. The minimum atomic E-state index is 0.0331. The van der Waals surface area contributed by atoms with Gasteiger partial charge in [-0.25, -0.2) is 4.98 Å². The molecule has 2 rings (SSSR count). The molecule has 0 aliphatic carbocycles. The minimum absolute atomic E-state index is 0.0331. The van der Waals surface area contributed by atoms with Gasteiger partial charge in [0.1, 0.15) is 12.4 Å². The Bertz CT molecular complexity index is 508. The van der Waals surface area contributed by atoms with Crippen molar-refractivity contribution in [2.45, 2.75) is 33.0 Å². The van der Waals surface area contributed by atoms with Gasteiger partial charge in [0.05, 0.1) is 17.3 Å². The zero-order valence-corrected chi connectivity index (χ0v) is 11.4. The molecule has 0 aliphatic heterocycles. The monoisotopic (exact) mass is 263 g/mol. The van der Waals surface area contributed by atoms with Crippen molar-refractivity contribution in [3.05, 3.63) is 45.9 Å². The van der Waals surface area contributed by atoms with Gasteiger partial charge in [-0.05, 0) is 17.7 Å². The summed E-state index contributed by atoms with van der Waals surface area (Å²) in [4.78, 5) is 4.51. The van der Waals surface area contributed by atoms with E-state index in [9.17, 15) is 0 Å². The van der Waals surface area contributed by atoms with Crippen LogP contribution in [0.5, 0.6) is 5.75 Å². The van der Waals surface area contributed by atoms with Gasteiger partial charge in [0.15, 0.2) is 0 Å². The summed E-state index contributed by atoms with van der Waals surface area (Å²) in [7, 11) is 0. The molecule has 0 fully saturated rings. The fourth-order valence-corrected chi connectivity index (χ4v) is 2.36. The number of hydrogen-bond donors (Lipinski definition) is 1. The summed E-state index contributed by atoms with van der Waals surface area (Å²) in [6.45, 7) is 4.77. The molecule has 1 N–H and O–H groups in total. The fourth-order valence-electron chi connectivity index (χ4n) is 1.55. The summed E-state index contributed by atoms with van der Waals surface area (Å²) in [5.41, 5.74) is 1.81. The van der Waals surface area contributed by atoms with E-state index in [2.05, 4.69) is 18.8 Å². The highest BCUT2D eigenvalue weighted by Crippen LogP contribution is 2.20. The Morgan fingerprint density at radius 1 is 1.39 bits per heavy atom. The van der Waals surface area contributed by atoms with Crippen molar-refractivity contribution in [3.8, 4) is 5.75 Å². The van der Waals surface area contributed by atoms with Gasteiger partial charge in [-0.1, -0.05) is 26.0 Å². The highest BCUT2D eigenvalue weighted by atomic mass is 32.1. The number of thiazole rings is 1. The molecule has 0 saturated heterocycles. The van der Waals surface area contributed by atoms with Gasteiger partial charge in [0.2, 0.25) is 0 Å². The predicted molar refractivity (Wildman–Crippen MR) is 72.9 cm³/mol. The average molecular weight is 263 g/mol. The third-order valence-corrected chi connectivity index (χ3v) is 3.73. The van der Waals surface area contributed by atoms with Crippen LogP contribution in [0.25, 0.3) is 0 Å². The highest BCUT2D eigenvalue weighted by molar-refractivity contribution is 7.09. The van der Waals surface area contributed by atoms with Gasteiger partial charge < -0.3 is 9.84 Å². The summed E-state index contributed by atoms with van der Waals surface area (Å²) >= 11 is 1.67. The van der Waals surface area contributed by atoms with E-state index in [-0.39, 0.29) is 6.61 Å². The van der Waals surface area contributed by atoms with Gasteiger partial charge in [0.25, 0.3) is 0 Å². The Hall–Kier alpha value is -1.39. The van der Waals surface area contributed by atoms with Gasteiger partial charge in [-0.3, -0.25) is 0 Å². The van der Waals surface area contributed by atoms with E-state index in [0.717, 1.165) is 22.0 Å². The van der Waals surface area contributed by atoms with Gasteiger partial charge in [-0.15, -0.1) is 11.3 Å². The summed E-state index contributed by atoms with van der Waals surface area (Å²) < 4.78 is 5.66. The lowest BCUT2D eigenvalue weighted by molar-refractivity contribution is 0.277. The lowest BCUT2D eigenvalue weighted by Crippen LogP contribution is -1.97. The van der Waals surface area contributed by atoms with Crippen LogP contribution in [0.3, 0.4) is 0 Å². The second-order valence-electron chi connectivity index (χ2n) is 4.43. The maximum absolute atomic E-state index is 9.05. The van der Waals surface area contributed by atoms with E-state index in [4.69, 9.17) is 9.84 Å². The Morgan fingerprint density at radius 2 is 2.22 bits per heavy atom. The quantitative estimate of drug-likeness (QED) is 0.899. The van der Waals surface area contributed by atoms with Gasteiger partial charge >= 0.3 is 0 Å². The molecule has 0 saturated carbocycles. The van der Waals surface area contributed by atoms with Crippen LogP contribution in [0.4, 0.5) is 0 Å². The lowest BCUT2D eigenvalue weighted by atomic mass is 10.2. The van der Waals surface area contributed by atoms with Crippen LogP contribution in [0, 0.1) is 0 Å². The molecule has 0 radical (unpaired) electrons. The average Bonchev–Trinajstić information content (AvgIpc) is 2.85. The van der Waals surface area contributed by atoms with E-state index in [1.165, 1.54) is 0 Å². The normalized spacial score (nSPS) is 10.9. The molecule has 0 bridgehead atoms. The van der Waals surface area contributed by atoms with E-state index in [1.54, 1.807) is 11.3 Å². The van der Waals surface area contributed by atoms with Crippen molar-refractivity contribution in [2.24, 2.45) is 0 Å². The van der Waals surface area contributed by atoms with Gasteiger partial charge in [-0.2, -0.15) is 0 Å². The summed E-state index contributed by atoms with van der Waals surface area (Å²) in [5, 5.41) is 12.2. The van der Waals surface area contributed by atoms with Crippen molar-refractivity contribution in [3.63, 3.8) is 0 Å². The molecular weight excluding hydrogens is 246 g/mol. The number of rotatable bonds is 5. The maximum atomic E-state index is 9.05. The van der Waals surface area contributed by atoms with Crippen molar-refractivity contribution >= 4 is 11.3 Å². The highest BCUT2D eigenvalue weighted by Gasteiger charge is 2.06. The van der Waals surface area contributed by atoms with E-state index in [1.807, 2.05) is 29.6 Å². The molecule has 1 heterocycles. The summed E-state index contributed by atoms with van der Waals surface area (Å²) in [6, 6.07) is 7.47. The van der Waals surface area contributed by atoms with Crippen LogP contribution in [-0.2, 0) is 13.2 Å². The van der Waals surface area contributed by atoms with Crippen molar-refractivity contribution in [2.75, 3.05) is 0 Å². The first-order chi connectivity index (χ1) is 8.69. The molecule has 4 heteroatoms. The molecule has 3 nitrogen and oxygen atoms in total. The summed E-state index contributed by atoms with van der Waals surface area (Å²) in [5.74, 6) is 1.22. The van der Waals surface area contributed by atoms with Crippen LogP contribution in [0.1, 0.15) is 36.0 Å². The van der Waals surface area contributed by atoms with Crippen molar-refractivity contribution in [1.29, 1.82) is 0 Å². The van der Waals surface area contributed by atoms with Crippen molar-refractivity contribution < 1.29 is 9.84 Å². The first kappa shape index (κ1) is 13.1. The second-order valence-corrected chi connectivity index (χ2v) is 5.32. The van der Waals surface area contributed by atoms with Crippen LogP contribution >= 0.6 is 11.3 Å². The van der Waals surface area contributed by atoms with E-state index in [0.29, 0.717) is 12.5 Å². The fraction of sp³-hybridized carbons (Fsp3) is 0.357. The molecule has 1 aromatic heterocycles. The Labute approximate surface area is 111 Å².